The molecule has 1 aromatic heterocycles. The highest BCUT2D eigenvalue weighted by Crippen LogP contribution is 2.25. The summed E-state index contributed by atoms with van der Waals surface area (Å²) in [7, 11) is 0. The molecule has 0 bridgehead atoms. The molecular formula is C15H26N4S. The van der Waals surface area contributed by atoms with Crippen molar-refractivity contribution in [1.82, 2.24) is 9.88 Å². The van der Waals surface area contributed by atoms with Crippen LogP contribution in [0.5, 0.6) is 0 Å². The minimum Gasteiger partial charge on any atom is -0.383 e. The first-order valence-corrected chi connectivity index (χ1v) is 8.38. The second kappa shape index (κ2) is 6.68. The summed E-state index contributed by atoms with van der Waals surface area (Å²) in [5, 5.41) is 8.80. The Kier molecular flexibility index (Phi) is 5.16. The topological polar surface area (TPSA) is 66.0 Å². The van der Waals surface area contributed by atoms with Crippen molar-refractivity contribution in [3.63, 3.8) is 0 Å². The van der Waals surface area contributed by atoms with E-state index < -0.39 is 0 Å². The van der Waals surface area contributed by atoms with Crippen molar-refractivity contribution in [2.75, 3.05) is 13.1 Å². The molecule has 2 heterocycles. The van der Waals surface area contributed by atoms with Crippen LogP contribution in [0.2, 0.25) is 0 Å². The van der Waals surface area contributed by atoms with Crippen LogP contribution in [0.4, 0.5) is 0 Å². The first-order chi connectivity index (χ1) is 9.49. The molecule has 0 radical (unpaired) electrons. The number of nitrogens with two attached hydrogens (primary N) is 1. The van der Waals surface area contributed by atoms with E-state index in [1.54, 1.807) is 11.3 Å². The van der Waals surface area contributed by atoms with Gasteiger partial charge >= 0.3 is 0 Å². The number of rotatable bonds is 5. The van der Waals surface area contributed by atoms with Gasteiger partial charge in [0.05, 0.1) is 15.6 Å². The third-order valence-corrected chi connectivity index (χ3v) is 5.21. The lowest BCUT2D eigenvalue weighted by molar-refractivity contribution is 0.163. The molecule has 1 unspecified atom stereocenters. The third kappa shape index (κ3) is 3.58. The molecule has 0 saturated carbocycles. The quantitative estimate of drug-likeness (QED) is 0.648. The van der Waals surface area contributed by atoms with Gasteiger partial charge in [-0.2, -0.15) is 0 Å². The van der Waals surface area contributed by atoms with Gasteiger partial charge in [-0.05, 0) is 32.2 Å². The van der Waals surface area contributed by atoms with Crippen LogP contribution in [-0.2, 0) is 6.42 Å². The molecule has 0 amide bonds. The number of nitrogens with one attached hydrogen (secondary N) is 1. The minimum absolute atomic E-state index is 0.156. The molecule has 1 aliphatic rings. The lowest BCUT2D eigenvalue weighted by Gasteiger charge is -2.33. The Labute approximate surface area is 125 Å². The monoisotopic (exact) mass is 294 g/mol. The van der Waals surface area contributed by atoms with Gasteiger partial charge in [-0.25, -0.2) is 4.98 Å². The van der Waals surface area contributed by atoms with E-state index in [1.807, 2.05) is 0 Å². The highest BCUT2D eigenvalue weighted by Gasteiger charge is 2.20. The van der Waals surface area contributed by atoms with Crippen LogP contribution in [0.1, 0.15) is 61.5 Å². The van der Waals surface area contributed by atoms with Gasteiger partial charge in [0.15, 0.2) is 0 Å². The molecule has 4 nitrogen and oxygen atoms in total. The van der Waals surface area contributed by atoms with Gasteiger partial charge in [0.1, 0.15) is 5.84 Å². The molecule has 0 aromatic carbocycles. The van der Waals surface area contributed by atoms with Crippen molar-refractivity contribution >= 4 is 17.2 Å². The summed E-state index contributed by atoms with van der Waals surface area (Å²) in [5.74, 6) is 0.483. The number of hydrogen-bond acceptors (Lipinski definition) is 4. The van der Waals surface area contributed by atoms with E-state index in [2.05, 4.69) is 25.7 Å². The van der Waals surface area contributed by atoms with E-state index in [-0.39, 0.29) is 5.84 Å². The molecule has 112 valence electrons. The fourth-order valence-corrected chi connectivity index (χ4v) is 3.87. The second-order valence-corrected chi connectivity index (χ2v) is 7.10. The van der Waals surface area contributed by atoms with E-state index >= 15 is 0 Å². The Hall–Kier alpha value is -0.940. The van der Waals surface area contributed by atoms with E-state index in [0.717, 1.165) is 28.5 Å². The molecule has 3 N–H and O–H groups in total. The number of nitrogens with zero attached hydrogens (tertiary/aromatic N) is 2. The van der Waals surface area contributed by atoms with Gasteiger partial charge in [-0.3, -0.25) is 5.41 Å². The molecule has 1 aliphatic heterocycles. The molecule has 20 heavy (non-hydrogen) atoms. The fourth-order valence-electron chi connectivity index (χ4n) is 2.80. The number of amidine groups is 1. The van der Waals surface area contributed by atoms with Gasteiger partial charge in [0.2, 0.25) is 0 Å². The zero-order valence-corrected chi connectivity index (χ0v) is 13.6. The largest absolute Gasteiger partial charge is 0.383 e. The molecule has 1 aromatic rings. The lowest BCUT2D eigenvalue weighted by atomic mass is 10.0. The van der Waals surface area contributed by atoms with Crippen molar-refractivity contribution in [3.8, 4) is 0 Å². The number of thiazole rings is 1. The fraction of sp³-hybridized carbons (Fsp3) is 0.733. The van der Waals surface area contributed by atoms with Crippen molar-refractivity contribution < 1.29 is 0 Å². The maximum atomic E-state index is 7.68. The van der Waals surface area contributed by atoms with Crippen LogP contribution in [0, 0.1) is 5.41 Å². The number of piperidine rings is 1. The number of likely N-dealkylation sites (tertiary alicyclic amines) is 1. The summed E-state index contributed by atoms with van der Waals surface area (Å²) >= 11 is 1.60. The van der Waals surface area contributed by atoms with Gasteiger partial charge in [-0.15, -0.1) is 11.3 Å². The minimum atomic E-state index is 0.156. The van der Waals surface area contributed by atoms with Crippen LogP contribution >= 0.6 is 11.3 Å². The normalized spacial score (nSPS) is 20.5. The zero-order chi connectivity index (χ0) is 14.7. The Morgan fingerprint density at radius 3 is 2.80 bits per heavy atom. The van der Waals surface area contributed by atoms with Crippen molar-refractivity contribution in [1.29, 1.82) is 5.41 Å². The van der Waals surface area contributed by atoms with Crippen LogP contribution in [0.3, 0.4) is 0 Å². The molecule has 1 saturated heterocycles. The summed E-state index contributed by atoms with van der Waals surface area (Å²) in [6, 6.07) is 0.695. The smallest absolute Gasteiger partial charge is 0.135 e. The molecule has 2 rings (SSSR count). The molecule has 0 aliphatic carbocycles. The van der Waals surface area contributed by atoms with Gasteiger partial charge in [-0.1, -0.05) is 20.3 Å². The Morgan fingerprint density at radius 1 is 1.50 bits per heavy atom. The predicted molar refractivity (Wildman–Crippen MR) is 85.8 cm³/mol. The highest BCUT2D eigenvalue weighted by molar-refractivity contribution is 7.13. The van der Waals surface area contributed by atoms with Gasteiger partial charge in [0.25, 0.3) is 0 Å². The molecule has 0 spiro atoms. The summed E-state index contributed by atoms with van der Waals surface area (Å²) < 4.78 is 0. The maximum Gasteiger partial charge on any atom is 0.135 e. The Morgan fingerprint density at radius 2 is 2.25 bits per heavy atom. The number of aromatic nitrogens is 1. The van der Waals surface area contributed by atoms with E-state index in [9.17, 15) is 0 Å². The van der Waals surface area contributed by atoms with Crippen molar-refractivity contribution in [3.05, 3.63) is 15.6 Å². The Bertz CT molecular complexity index is 466. The maximum absolute atomic E-state index is 7.68. The van der Waals surface area contributed by atoms with E-state index in [4.69, 9.17) is 16.1 Å². The first-order valence-electron chi connectivity index (χ1n) is 7.57. The predicted octanol–water partition coefficient (Wildman–Crippen LogP) is 2.97. The van der Waals surface area contributed by atoms with Crippen LogP contribution in [-0.4, -0.2) is 34.9 Å². The molecule has 1 atom stereocenters. The van der Waals surface area contributed by atoms with Gasteiger partial charge in [0, 0.05) is 19.0 Å². The standard InChI is InChI=1S/C15H26N4S/c1-10(2)13-14(15(16)17)20-12(18-13)7-9-19-8-5-4-6-11(19)3/h10-11H,4-9H2,1-3H3,(H3,16,17). The summed E-state index contributed by atoms with van der Waals surface area (Å²) in [4.78, 5) is 8.14. The molecule has 5 heteroatoms. The summed E-state index contributed by atoms with van der Waals surface area (Å²) in [6.45, 7) is 8.82. The SMILES string of the molecule is CC(C)c1nc(CCN2CCCCC2C)sc1C(=N)N. The molecule has 1 fully saturated rings. The first kappa shape index (κ1) is 15.4. The average molecular weight is 294 g/mol. The van der Waals surface area contributed by atoms with Crippen molar-refractivity contribution in [2.24, 2.45) is 5.73 Å². The second-order valence-electron chi connectivity index (χ2n) is 6.02. The highest BCUT2D eigenvalue weighted by atomic mass is 32.1. The lowest BCUT2D eigenvalue weighted by Crippen LogP contribution is -2.38. The summed E-state index contributed by atoms with van der Waals surface area (Å²) in [5.41, 5.74) is 6.66. The molecular weight excluding hydrogens is 268 g/mol. The Balaban J connectivity index is 2.02. The van der Waals surface area contributed by atoms with Crippen LogP contribution in [0.25, 0.3) is 0 Å². The number of nitrogen functional groups attached to an aromatic ring is 1. The van der Waals surface area contributed by atoms with Crippen molar-refractivity contribution in [2.45, 2.75) is 58.4 Å². The average Bonchev–Trinajstić information content (AvgIpc) is 2.82. The number of hydrogen-bond donors (Lipinski definition) is 2. The zero-order valence-electron chi connectivity index (χ0n) is 12.8. The van der Waals surface area contributed by atoms with Gasteiger partial charge < -0.3 is 10.6 Å². The van der Waals surface area contributed by atoms with Crippen LogP contribution < -0.4 is 5.73 Å². The van der Waals surface area contributed by atoms with E-state index in [0.29, 0.717) is 12.0 Å². The van der Waals surface area contributed by atoms with Crippen LogP contribution in [0.15, 0.2) is 0 Å². The van der Waals surface area contributed by atoms with E-state index in [1.165, 1.54) is 25.8 Å². The summed E-state index contributed by atoms with van der Waals surface area (Å²) in [6.07, 6.45) is 4.97. The third-order valence-electron chi connectivity index (χ3n) is 4.04.